The van der Waals surface area contributed by atoms with Gasteiger partial charge < -0.3 is 5.32 Å². The summed E-state index contributed by atoms with van der Waals surface area (Å²) in [7, 11) is -3.48. The molecule has 0 aliphatic rings. The molecule has 1 heterocycles. The summed E-state index contributed by atoms with van der Waals surface area (Å²) < 4.78 is 27.3. The molecule has 0 bridgehead atoms. The molecule has 21 heavy (non-hydrogen) atoms. The van der Waals surface area contributed by atoms with Gasteiger partial charge in [-0.05, 0) is 36.9 Å². The number of nitrogens with one attached hydrogen (secondary N) is 2. The highest BCUT2D eigenvalue weighted by Gasteiger charge is 2.18. The van der Waals surface area contributed by atoms with Crippen LogP contribution in [0.5, 0.6) is 0 Å². The summed E-state index contributed by atoms with van der Waals surface area (Å²) in [5.74, 6) is 0. The highest BCUT2D eigenvalue weighted by atomic mass is 32.2. The molecular weight excluding hydrogens is 304 g/mol. The van der Waals surface area contributed by atoms with E-state index >= 15 is 0 Å². The first-order valence-corrected chi connectivity index (χ1v) is 9.29. The molecule has 1 unspecified atom stereocenters. The van der Waals surface area contributed by atoms with Crippen LogP contribution in [-0.4, -0.2) is 15.0 Å². The highest BCUT2D eigenvalue weighted by molar-refractivity contribution is 7.89. The molecule has 0 spiro atoms. The zero-order chi connectivity index (χ0) is 15.3. The third kappa shape index (κ3) is 4.06. The van der Waals surface area contributed by atoms with Crippen molar-refractivity contribution >= 4 is 27.0 Å². The lowest BCUT2D eigenvalue weighted by molar-refractivity contribution is 0.581. The van der Waals surface area contributed by atoms with Crippen LogP contribution in [0.3, 0.4) is 0 Å². The average Bonchev–Trinajstić information content (AvgIpc) is 3.00. The molecule has 0 aliphatic carbocycles. The third-order valence-corrected chi connectivity index (χ3v) is 5.63. The van der Waals surface area contributed by atoms with E-state index in [1.54, 1.807) is 29.5 Å². The molecule has 6 heteroatoms. The Kier molecular flexibility index (Phi) is 5.39. The van der Waals surface area contributed by atoms with Crippen molar-refractivity contribution in [3.8, 4) is 0 Å². The molecule has 1 atom stereocenters. The van der Waals surface area contributed by atoms with E-state index < -0.39 is 10.0 Å². The van der Waals surface area contributed by atoms with Crippen LogP contribution in [0.15, 0.2) is 46.7 Å². The van der Waals surface area contributed by atoms with Crippen LogP contribution in [0.4, 0.5) is 5.69 Å². The van der Waals surface area contributed by atoms with E-state index in [2.05, 4.69) is 10.0 Å². The van der Waals surface area contributed by atoms with Gasteiger partial charge in [0.15, 0.2) is 0 Å². The largest absolute Gasteiger partial charge is 0.377 e. The zero-order valence-corrected chi connectivity index (χ0v) is 13.8. The Morgan fingerprint density at radius 2 is 1.95 bits per heavy atom. The molecule has 2 N–H and O–H groups in total. The monoisotopic (exact) mass is 324 g/mol. The van der Waals surface area contributed by atoms with Crippen LogP contribution in [0, 0.1) is 0 Å². The Morgan fingerprint density at radius 3 is 2.62 bits per heavy atom. The number of hydrogen-bond donors (Lipinski definition) is 2. The van der Waals surface area contributed by atoms with Gasteiger partial charge in [0.05, 0.1) is 11.7 Å². The quantitative estimate of drug-likeness (QED) is 0.818. The van der Waals surface area contributed by atoms with Crippen molar-refractivity contribution in [3.63, 3.8) is 0 Å². The van der Waals surface area contributed by atoms with E-state index in [4.69, 9.17) is 0 Å². The summed E-state index contributed by atoms with van der Waals surface area (Å²) in [4.78, 5) is 1.46. The van der Waals surface area contributed by atoms with Crippen LogP contribution in [0.2, 0.25) is 0 Å². The molecular formula is C15H20N2O2S2. The third-order valence-electron chi connectivity index (χ3n) is 3.06. The maximum atomic E-state index is 12.3. The molecule has 0 aliphatic heterocycles. The van der Waals surface area contributed by atoms with Crippen LogP contribution in [0.25, 0.3) is 0 Å². The van der Waals surface area contributed by atoms with E-state index in [-0.39, 0.29) is 6.04 Å². The summed E-state index contributed by atoms with van der Waals surface area (Å²) in [5, 5.41) is 5.30. The van der Waals surface area contributed by atoms with Gasteiger partial charge in [0.1, 0.15) is 4.90 Å². The number of rotatable bonds is 7. The first-order chi connectivity index (χ1) is 10.0. The summed E-state index contributed by atoms with van der Waals surface area (Å²) >= 11 is 1.65. The van der Waals surface area contributed by atoms with E-state index in [1.807, 2.05) is 37.4 Å². The summed E-state index contributed by atoms with van der Waals surface area (Å²) in [6, 6.07) is 11.1. The SMILES string of the molecule is CCCNS(=O)(=O)c1ccccc1NC(C)c1cccs1. The van der Waals surface area contributed by atoms with Gasteiger partial charge in [-0.15, -0.1) is 11.3 Å². The summed E-state index contributed by atoms with van der Waals surface area (Å²) in [5.41, 5.74) is 0.627. The van der Waals surface area contributed by atoms with E-state index in [0.717, 1.165) is 6.42 Å². The van der Waals surface area contributed by atoms with Gasteiger partial charge >= 0.3 is 0 Å². The van der Waals surface area contributed by atoms with Crippen molar-refractivity contribution in [2.24, 2.45) is 0 Å². The number of anilines is 1. The normalized spacial score (nSPS) is 13.0. The van der Waals surface area contributed by atoms with E-state index in [1.165, 1.54) is 4.88 Å². The Morgan fingerprint density at radius 1 is 1.19 bits per heavy atom. The lowest BCUT2D eigenvalue weighted by atomic mass is 10.2. The number of hydrogen-bond acceptors (Lipinski definition) is 4. The molecule has 2 aromatic rings. The smallest absolute Gasteiger partial charge is 0.242 e. The molecule has 0 saturated heterocycles. The van der Waals surface area contributed by atoms with Gasteiger partial charge in [-0.25, -0.2) is 13.1 Å². The standard InChI is InChI=1S/C15H20N2O2S2/c1-3-10-16-21(18,19)15-9-5-4-7-13(15)17-12(2)14-8-6-11-20-14/h4-9,11-12,16-17H,3,10H2,1-2H3. The van der Waals surface area contributed by atoms with Crippen LogP contribution >= 0.6 is 11.3 Å². The lowest BCUT2D eigenvalue weighted by Gasteiger charge is -2.17. The second-order valence-electron chi connectivity index (χ2n) is 4.78. The molecule has 1 aromatic heterocycles. The number of thiophene rings is 1. The molecule has 4 nitrogen and oxygen atoms in total. The minimum atomic E-state index is -3.48. The van der Waals surface area contributed by atoms with E-state index in [0.29, 0.717) is 17.1 Å². The predicted octanol–water partition coefficient (Wildman–Crippen LogP) is 3.61. The van der Waals surface area contributed by atoms with Gasteiger partial charge in [-0.2, -0.15) is 0 Å². The molecule has 1 aromatic carbocycles. The van der Waals surface area contributed by atoms with Crippen molar-refractivity contribution in [1.29, 1.82) is 0 Å². The van der Waals surface area contributed by atoms with Gasteiger partial charge in [0.25, 0.3) is 0 Å². The average molecular weight is 324 g/mol. The van der Waals surface area contributed by atoms with Crippen molar-refractivity contribution in [2.75, 3.05) is 11.9 Å². The fraction of sp³-hybridized carbons (Fsp3) is 0.333. The van der Waals surface area contributed by atoms with Crippen LogP contribution in [-0.2, 0) is 10.0 Å². The molecule has 0 amide bonds. The van der Waals surface area contributed by atoms with E-state index in [9.17, 15) is 8.42 Å². The Labute approximate surface area is 130 Å². The molecule has 0 radical (unpaired) electrons. The van der Waals surface area contributed by atoms with Gasteiger partial charge in [-0.1, -0.05) is 25.1 Å². The fourth-order valence-electron chi connectivity index (χ4n) is 1.98. The minimum absolute atomic E-state index is 0.0625. The Balaban J connectivity index is 2.25. The van der Waals surface area contributed by atoms with Crippen LogP contribution < -0.4 is 10.0 Å². The summed E-state index contributed by atoms with van der Waals surface area (Å²) in [6.45, 7) is 4.40. The summed E-state index contributed by atoms with van der Waals surface area (Å²) in [6.07, 6.45) is 0.764. The Bertz CT molecular complexity index is 667. The highest BCUT2D eigenvalue weighted by Crippen LogP contribution is 2.27. The number of benzene rings is 1. The second-order valence-corrected chi connectivity index (χ2v) is 7.49. The lowest BCUT2D eigenvalue weighted by Crippen LogP contribution is -2.25. The first kappa shape index (κ1) is 16.0. The fourth-order valence-corrected chi connectivity index (χ4v) is 4.01. The van der Waals surface area contributed by atoms with Gasteiger partial charge in [-0.3, -0.25) is 0 Å². The molecule has 0 fully saturated rings. The van der Waals surface area contributed by atoms with Crippen molar-refractivity contribution in [3.05, 3.63) is 46.7 Å². The van der Waals surface area contributed by atoms with Crippen molar-refractivity contribution in [2.45, 2.75) is 31.2 Å². The van der Waals surface area contributed by atoms with Gasteiger partial charge in [0.2, 0.25) is 10.0 Å². The zero-order valence-electron chi connectivity index (χ0n) is 12.2. The Hall–Kier alpha value is -1.37. The van der Waals surface area contributed by atoms with Crippen molar-refractivity contribution < 1.29 is 8.42 Å². The minimum Gasteiger partial charge on any atom is -0.377 e. The van der Waals surface area contributed by atoms with Crippen molar-refractivity contribution in [1.82, 2.24) is 4.72 Å². The van der Waals surface area contributed by atoms with Gasteiger partial charge in [0, 0.05) is 11.4 Å². The number of para-hydroxylation sites is 1. The second kappa shape index (κ2) is 7.06. The molecule has 0 saturated carbocycles. The predicted molar refractivity (Wildman–Crippen MR) is 88.3 cm³/mol. The van der Waals surface area contributed by atoms with Crippen LogP contribution in [0.1, 0.15) is 31.2 Å². The molecule has 114 valence electrons. The molecule has 2 rings (SSSR count). The maximum absolute atomic E-state index is 12.3. The topological polar surface area (TPSA) is 58.2 Å². The number of sulfonamides is 1. The first-order valence-electron chi connectivity index (χ1n) is 6.93. The maximum Gasteiger partial charge on any atom is 0.242 e.